The number of hydrogen-bond acceptors (Lipinski definition) is 6. The highest BCUT2D eigenvalue weighted by Gasteiger charge is 2.27. The summed E-state index contributed by atoms with van der Waals surface area (Å²) in [5.41, 5.74) is 6.58. The van der Waals surface area contributed by atoms with E-state index in [9.17, 15) is 14.4 Å². The van der Waals surface area contributed by atoms with Gasteiger partial charge in [0.15, 0.2) is 11.3 Å². The van der Waals surface area contributed by atoms with E-state index in [2.05, 4.69) is 14.8 Å². The topological polar surface area (TPSA) is 125 Å². The number of ether oxygens (including phenoxy) is 1. The minimum Gasteiger partial charge on any atom is -0.372 e. The van der Waals surface area contributed by atoms with E-state index in [0.717, 1.165) is 5.69 Å². The van der Waals surface area contributed by atoms with Gasteiger partial charge >= 0.3 is 12.1 Å². The van der Waals surface area contributed by atoms with Crippen LogP contribution >= 0.6 is 11.6 Å². The average molecular weight is 389 g/mol. The van der Waals surface area contributed by atoms with Gasteiger partial charge in [0.2, 0.25) is 0 Å². The summed E-state index contributed by atoms with van der Waals surface area (Å²) in [5.74, 6) is -1.08. The largest absolute Gasteiger partial charge is 0.412 e. The third kappa shape index (κ3) is 3.10. The van der Waals surface area contributed by atoms with Gasteiger partial charge in [-0.1, -0.05) is 11.6 Å². The van der Waals surface area contributed by atoms with Gasteiger partial charge in [0.05, 0.1) is 17.8 Å². The Labute approximate surface area is 157 Å². The van der Waals surface area contributed by atoms with Gasteiger partial charge in [-0.2, -0.15) is 5.10 Å². The van der Waals surface area contributed by atoms with E-state index >= 15 is 0 Å². The highest BCUT2D eigenvalue weighted by molar-refractivity contribution is 6.30. The first-order valence-corrected chi connectivity index (χ1v) is 8.30. The van der Waals surface area contributed by atoms with Crippen molar-refractivity contribution in [3.05, 3.63) is 52.7 Å². The van der Waals surface area contributed by atoms with Crippen molar-refractivity contribution in [2.75, 3.05) is 6.54 Å². The summed E-state index contributed by atoms with van der Waals surface area (Å²) in [6.45, 7) is 1.01. The van der Waals surface area contributed by atoms with Crippen LogP contribution in [0.15, 0.2) is 30.6 Å². The van der Waals surface area contributed by atoms with Crippen molar-refractivity contribution < 1.29 is 19.1 Å². The van der Waals surface area contributed by atoms with E-state index in [4.69, 9.17) is 17.3 Å². The molecule has 0 saturated carbocycles. The Morgan fingerprint density at radius 1 is 1.22 bits per heavy atom. The fourth-order valence-corrected chi connectivity index (χ4v) is 3.16. The van der Waals surface area contributed by atoms with Crippen molar-refractivity contribution >= 4 is 35.2 Å². The second kappa shape index (κ2) is 6.40. The Balaban J connectivity index is 1.55. The lowest BCUT2D eigenvalue weighted by Crippen LogP contribution is -2.39. The number of nitrogens with zero attached hydrogens (tertiary/aromatic N) is 5. The number of primary amides is 1. The van der Waals surface area contributed by atoms with Gasteiger partial charge in [-0.25, -0.2) is 19.1 Å². The Kier molecular flexibility index (Phi) is 4.04. The highest BCUT2D eigenvalue weighted by atomic mass is 35.5. The summed E-state index contributed by atoms with van der Waals surface area (Å²) in [6, 6.07) is 4.81. The van der Waals surface area contributed by atoms with Crippen molar-refractivity contribution in [1.82, 2.24) is 24.1 Å². The summed E-state index contributed by atoms with van der Waals surface area (Å²) in [6.07, 6.45) is 1.88. The van der Waals surface area contributed by atoms with E-state index in [1.807, 2.05) is 0 Å². The van der Waals surface area contributed by atoms with E-state index in [-0.39, 0.29) is 23.8 Å². The number of carbonyl (C=O) groups excluding carboxylic acids is 3. The number of aromatic nitrogens is 4. The molecule has 0 spiro atoms. The Bertz CT molecular complexity index is 1090. The molecule has 1 aliphatic heterocycles. The van der Waals surface area contributed by atoms with Gasteiger partial charge in [-0.3, -0.25) is 4.79 Å². The molecular formula is C16H13ClN6O4. The number of rotatable bonds is 2. The first kappa shape index (κ1) is 17.0. The summed E-state index contributed by atoms with van der Waals surface area (Å²) in [7, 11) is 0. The molecule has 0 radical (unpaired) electrons. The fraction of sp³-hybridized carbons (Fsp3) is 0.188. The minimum atomic E-state index is -1.16. The first-order valence-electron chi connectivity index (χ1n) is 7.92. The number of halogens is 1. The molecule has 3 aromatic rings. The average Bonchev–Trinajstić information content (AvgIpc) is 3.23. The molecule has 10 nitrogen and oxygen atoms in total. The number of nitrogens with two attached hydrogens (primary N) is 1. The van der Waals surface area contributed by atoms with Gasteiger partial charge in [-0.05, 0) is 12.1 Å². The molecule has 2 N–H and O–H groups in total. The van der Waals surface area contributed by atoms with E-state index in [1.165, 1.54) is 16.8 Å². The van der Waals surface area contributed by atoms with Crippen LogP contribution in [0.25, 0.3) is 5.65 Å². The van der Waals surface area contributed by atoms with Crippen LogP contribution in [0.5, 0.6) is 0 Å². The molecule has 0 aromatic carbocycles. The quantitative estimate of drug-likeness (QED) is 0.517. The van der Waals surface area contributed by atoms with Gasteiger partial charge in [-0.15, -0.1) is 0 Å². The number of esters is 1. The minimum absolute atomic E-state index is 0.211. The zero-order chi connectivity index (χ0) is 19.1. The SMILES string of the molecule is NC(=O)OC(=O)c1ccc2n1CCN(C(=O)c1cc3ncc(Cl)cn3n1)C2. The molecule has 3 aromatic heterocycles. The van der Waals surface area contributed by atoms with E-state index in [1.54, 1.807) is 27.8 Å². The van der Waals surface area contributed by atoms with Crippen LogP contribution in [0.2, 0.25) is 5.02 Å². The maximum atomic E-state index is 12.8. The Morgan fingerprint density at radius 3 is 2.81 bits per heavy atom. The third-order valence-corrected chi connectivity index (χ3v) is 4.40. The molecule has 0 fully saturated rings. The number of fused-ring (bicyclic) bond motifs is 2. The van der Waals surface area contributed by atoms with Crippen molar-refractivity contribution in [2.24, 2.45) is 5.73 Å². The molecule has 1 aliphatic rings. The summed E-state index contributed by atoms with van der Waals surface area (Å²) in [4.78, 5) is 41.2. The summed E-state index contributed by atoms with van der Waals surface area (Å²) in [5, 5.41) is 4.63. The van der Waals surface area contributed by atoms with Crippen molar-refractivity contribution in [3.8, 4) is 0 Å². The lowest BCUT2D eigenvalue weighted by molar-refractivity contribution is 0.0620. The van der Waals surface area contributed by atoms with Crippen LogP contribution in [-0.4, -0.2) is 48.6 Å². The number of amides is 2. The zero-order valence-corrected chi connectivity index (χ0v) is 14.6. The molecule has 2 amide bonds. The standard InChI is InChI=1S/C16H13ClN6O4/c17-9-6-19-13-5-11(20-23(13)7-9)14(24)21-3-4-22-10(8-21)1-2-12(22)15(25)27-16(18)26/h1-2,5-7H,3-4,8H2,(H2,18,26). The summed E-state index contributed by atoms with van der Waals surface area (Å²) >= 11 is 5.88. The maximum Gasteiger partial charge on any atom is 0.412 e. The lowest BCUT2D eigenvalue weighted by Gasteiger charge is -2.28. The Hall–Kier alpha value is -3.40. The Morgan fingerprint density at radius 2 is 2.04 bits per heavy atom. The first-order chi connectivity index (χ1) is 12.9. The van der Waals surface area contributed by atoms with Crippen molar-refractivity contribution in [2.45, 2.75) is 13.1 Å². The van der Waals surface area contributed by atoms with Gasteiger partial charge < -0.3 is 19.9 Å². The van der Waals surface area contributed by atoms with E-state index < -0.39 is 12.1 Å². The van der Waals surface area contributed by atoms with Crippen molar-refractivity contribution in [1.29, 1.82) is 0 Å². The molecule has 0 bridgehead atoms. The smallest absolute Gasteiger partial charge is 0.372 e. The molecule has 138 valence electrons. The zero-order valence-electron chi connectivity index (χ0n) is 13.8. The molecule has 0 saturated heterocycles. The predicted molar refractivity (Wildman–Crippen MR) is 92.2 cm³/mol. The number of hydrogen-bond donors (Lipinski definition) is 1. The van der Waals surface area contributed by atoms with Crippen molar-refractivity contribution in [3.63, 3.8) is 0 Å². The molecule has 11 heteroatoms. The fourth-order valence-electron chi connectivity index (χ4n) is 3.02. The van der Waals surface area contributed by atoms with Crippen LogP contribution in [0.3, 0.4) is 0 Å². The second-order valence-electron chi connectivity index (χ2n) is 5.90. The monoisotopic (exact) mass is 388 g/mol. The second-order valence-corrected chi connectivity index (χ2v) is 6.34. The molecular weight excluding hydrogens is 376 g/mol. The molecule has 27 heavy (non-hydrogen) atoms. The van der Waals surface area contributed by atoms with Crippen LogP contribution in [-0.2, 0) is 17.8 Å². The molecule has 0 unspecified atom stereocenters. The lowest BCUT2D eigenvalue weighted by atomic mass is 10.2. The van der Waals surface area contributed by atoms with Gasteiger partial charge in [0.25, 0.3) is 5.91 Å². The summed E-state index contributed by atoms with van der Waals surface area (Å²) < 4.78 is 7.55. The van der Waals surface area contributed by atoms with Crippen LogP contribution in [0.4, 0.5) is 4.79 Å². The number of carbonyl (C=O) groups is 3. The van der Waals surface area contributed by atoms with Crippen LogP contribution in [0, 0.1) is 0 Å². The maximum absolute atomic E-state index is 12.8. The van der Waals surface area contributed by atoms with Crippen LogP contribution in [0.1, 0.15) is 26.7 Å². The van der Waals surface area contributed by atoms with Crippen LogP contribution < -0.4 is 5.73 Å². The normalized spacial score (nSPS) is 13.4. The predicted octanol–water partition coefficient (Wildman–Crippen LogP) is 1.08. The highest BCUT2D eigenvalue weighted by Crippen LogP contribution is 2.20. The molecule has 4 rings (SSSR count). The third-order valence-electron chi connectivity index (χ3n) is 4.21. The molecule has 0 atom stereocenters. The molecule has 0 aliphatic carbocycles. The molecule has 4 heterocycles. The van der Waals surface area contributed by atoms with Gasteiger partial charge in [0.1, 0.15) is 5.69 Å². The van der Waals surface area contributed by atoms with E-state index in [0.29, 0.717) is 23.8 Å². The van der Waals surface area contributed by atoms with Gasteiger partial charge in [0, 0.05) is 31.0 Å².